The molecule has 7 rings (SSSR count). The molecule has 0 aliphatic carbocycles. The van der Waals surface area contributed by atoms with E-state index in [0.717, 1.165) is 48.3 Å². The van der Waals surface area contributed by atoms with E-state index < -0.39 is 20.8 Å². The number of hydrogen-bond donors (Lipinski definition) is 1. The van der Waals surface area contributed by atoms with Gasteiger partial charge in [-0.1, -0.05) is 36.4 Å². The standard InChI is InChI=1S/C29H32FN5O4S.H2/c1-29-12-6-13-35(16-29)27-22-15-31-25(24(30)26(22)33-28(34-27)40(2,36)37)21-11-4-9-19-7-3-8-20(23(19)21)10-5-14-38-18-39-17-32-29;/h3-4,7-9,11,15,32H,5-6,10,12-14,16-18H2,1-2H3;1H/t29-;/m1./s1. The Kier molecular flexibility index (Phi) is 7.16. The van der Waals surface area contributed by atoms with Crippen LogP contribution in [0.4, 0.5) is 10.2 Å². The maximum atomic E-state index is 16.5. The van der Waals surface area contributed by atoms with Crippen molar-refractivity contribution in [3.63, 3.8) is 0 Å². The molecular weight excluding hydrogens is 533 g/mol. The fourth-order valence-corrected chi connectivity index (χ4v) is 6.26. The Labute approximate surface area is 234 Å². The summed E-state index contributed by atoms with van der Waals surface area (Å²) < 4.78 is 53.2. The zero-order valence-electron chi connectivity index (χ0n) is 22.6. The number of ether oxygens (including phenoxy) is 2. The normalized spacial score (nSPS) is 20.9. The fourth-order valence-electron chi connectivity index (χ4n) is 5.75. The fraction of sp³-hybridized carbons (Fsp3) is 0.414. The Morgan fingerprint density at radius 2 is 1.95 bits per heavy atom. The number of sulfone groups is 1. The van der Waals surface area contributed by atoms with Gasteiger partial charge in [-0.3, -0.25) is 10.3 Å². The van der Waals surface area contributed by atoms with Crippen molar-refractivity contribution < 1.29 is 23.7 Å². The number of fused-ring (bicyclic) bond motifs is 8. The average Bonchev–Trinajstić information content (AvgIpc) is 2.93. The number of nitrogens with one attached hydrogen (secondary N) is 1. The van der Waals surface area contributed by atoms with E-state index in [1.807, 2.05) is 41.3 Å². The maximum Gasteiger partial charge on any atom is 0.249 e. The second kappa shape index (κ2) is 10.6. The molecule has 40 heavy (non-hydrogen) atoms. The third kappa shape index (κ3) is 5.14. The maximum absolute atomic E-state index is 16.5. The number of aromatic nitrogens is 3. The third-order valence-electron chi connectivity index (χ3n) is 7.72. The predicted octanol–water partition coefficient (Wildman–Crippen LogP) is 4.48. The molecule has 11 heteroatoms. The van der Waals surface area contributed by atoms with Gasteiger partial charge in [-0.15, -0.1) is 0 Å². The highest BCUT2D eigenvalue weighted by atomic mass is 32.2. The Balaban J connectivity index is 0.00000337. The first-order chi connectivity index (χ1) is 19.2. The van der Waals surface area contributed by atoms with E-state index >= 15 is 4.39 Å². The van der Waals surface area contributed by atoms with E-state index in [9.17, 15) is 8.42 Å². The van der Waals surface area contributed by atoms with Crippen molar-refractivity contribution >= 4 is 37.3 Å². The van der Waals surface area contributed by atoms with E-state index in [-0.39, 0.29) is 25.0 Å². The van der Waals surface area contributed by atoms with Gasteiger partial charge >= 0.3 is 0 Å². The Bertz CT molecular complexity index is 1700. The zero-order chi connectivity index (χ0) is 27.9. The molecule has 5 heterocycles. The zero-order valence-corrected chi connectivity index (χ0v) is 23.4. The smallest absolute Gasteiger partial charge is 0.249 e. The number of anilines is 1. The molecule has 6 bridgehead atoms. The van der Waals surface area contributed by atoms with E-state index in [0.29, 0.717) is 43.2 Å². The SMILES string of the molecule is C[C@@]12CCCN(C1)c1nc(S(C)(=O)=O)nc3c(F)c(ncc13)-c1cccc3cccc(c13)CCCOCOCN2.[HH]. The van der Waals surface area contributed by atoms with Crippen molar-refractivity contribution in [2.24, 2.45) is 0 Å². The van der Waals surface area contributed by atoms with Gasteiger partial charge in [0.2, 0.25) is 15.0 Å². The quantitative estimate of drug-likeness (QED) is 0.333. The summed E-state index contributed by atoms with van der Waals surface area (Å²) in [6, 6.07) is 11.7. The molecule has 0 unspecified atom stereocenters. The molecule has 3 aliphatic heterocycles. The molecule has 2 aromatic carbocycles. The number of halogens is 1. The first-order valence-electron chi connectivity index (χ1n) is 13.5. The van der Waals surface area contributed by atoms with Crippen LogP contribution in [0.25, 0.3) is 32.9 Å². The highest BCUT2D eigenvalue weighted by Crippen LogP contribution is 2.37. The number of benzene rings is 2. The summed E-state index contributed by atoms with van der Waals surface area (Å²) in [6.45, 7) is 4.24. The van der Waals surface area contributed by atoms with Crippen molar-refractivity contribution in [2.75, 3.05) is 44.4 Å². The Hall–Kier alpha value is -3.25. The molecule has 0 amide bonds. The van der Waals surface area contributed by atoms with Gasteiger partial charge in [-0.05, 0) is 48.9 Å². The lowest BCUT2D eigenvalue weighted by molar-refractivity contribution is -0.0659. The predicted molar refractivity (Wildman–Crippen MR) is 154 cm³/mol. The van der Waals surface area contributed by atoms with Gasteiger partial charge in [0.15, 0.2) is 5.82 Å². The van der Waals surface area contributed by atoms with Gasteiger partial charge < -0.3 is 14.4 Å². The summed E-state index contributed by atoms with van der Waals surface area (Å²) in [6.07, 6.45) is 5.80. The van der Waals surface area contributed by atoms with Crippen LogP contribution in [0.2, 0.25) is 0 Å². The molecule has 4 aromatic rings. The number of hydrogen-bond acceptors (Lipinski definition) is 9. The molecule has 212 valence electrons. The lowest BCUT2D eigenvalue weighted by atomic mass is 9.91. The molecule has 2 aromatic heterocycles. The second-order valence-electron chi connectivity index (χ2n) is 10.8. The molecule has 1 saturated heterocycles. The second-order valence-corrected chi connectivity index (χ2v) is 12.8. The number of pyridine rings is 1. The summed E-state index contributed by atoms with van der Waals surface area (Å²) in [4.78, 5) is 15.3. The molecule has 9 nitrogen and oxygen atoms in total. The highest BCUT2D eigenvalue weighted by Gasteiger charge is 2.33. The van der Waals surface area contributed by atoms with E-state index in [2.05, 4.69) is 27.2 Å². The van der Waals surface area contributed by atoms with Crippen LogP contribution < -0.4 is 10.2 Å². The number of piperidine rings is 1. The largest absolute Gasteiger partial charge is 0.355 e. The van der Waals surface area contributed by atoms with E-state index in [1.54, 1.807) is 6.20 Å². The van der Waals surface area contributed by atoms with Crippen LogP contribution in [0.5, 0.6) is 0 Å². The van der Waals surface area contributed by atoms with E-state index in [1.165, 1.54) is 0 Å². The minimum atomic E-state index is -3.82. The van der Waals surface area contributed by atoms with E-state index in [4.69, 9.17) is 9.47 Å². The summed E-state index contributed by atoms with van der Waals surface area (Å²) in [5.41, 5.74) is 1.41. The molecule has 0 spiro atoms. The van der Waals surface area contributed by atoms with Gasteiger partial charge in [-0.25, -0.2) is 22.8 Å². The van der Waals surface area contributed by atoms with Crippen LogP contribution in [-0.2, 0) is 25.7 Å². The summed E-state index contributed by atoms with van der Waals surface area (Å²) in [5.74, 6) is -0.308. The lowest BCUT2D eigenvalue weighted by Gasteiger charge is -2.42. The van der Waals surface area contributed by atoms with Gasteiger partial charge in [0, 0.05) is 44.7 Å². The summed E-state index contributed by atoms with van der Waals surface area (Å²) in [7, 11) is -3.82. The van der Waals surface area contributed by atoms with Gasteiger partial charge in [0.25, 0.3) is 0 Å². The van der Waals surface area contributed by atoms with Crippen molar-refractivity contribution in [1.29, 1.82) is 0 Å². The van der Waals surface area contributed by atoms with Crippen LogP contribution in [-0.4, -0.2) is 68.4 Å². The average molecular weight is 568 g/mol. The molecule has 0 radical (unpaired) electrons. The number of nitrogens with zero attached hydrogens (tertiary/aromatic N) is 4. The van der Waals surface area contributed by atoms with Crippen LogP contribution >= 0.6 is 0 Å². The molecule has 1 fully saturated rings. The molecule has 0 saturated carbocycles. The highest BCUT2D eigenvalue weighted by molar-refractivity contribution is 7.90. The van der Waals surface area contributed by atoms with Crippen LogP contribution in [0.15, 0.2) is 47.8 Å². The number of aryl methyl sites for hydroxylation is 1. The lowest BCUT2D eigenvalue weighted by Crippen LogP contribution is -2.56. The van der Waals surface area contributed by atoms with Crippen LogP contribution in [0, 0.1) is 5.82 Å². The first-order valence-corrected chi connectivity index (χ1v) is 15.4. The molecular formula is C29H34FN5O4S. The van der Waals surface area contributed by atoms with Crippen LogP contribution in [0.1, 0.15) is 33.2 Å². The minimum absolute atomic E-state index is 0. The molecule has 1 N–H and O–H groups in total. The Morgan fingerprint density at radius 1 is 1.12 bits per heavy atom. The van der Waals surface area contributed by atoms with Gasteiger partial charge in [0.1, 0.15) is 23.8 Å². The number of rotatable bonds is 1. The van der Waals surface area contributed by atoms with Gasteiger partial charge in [0.05, 0.1) is 12.1 Å². The third-order valence-corrected chi connectivity index (χ3v) is 8.57. The van der Waals surface area contributed by atoms with Crippen molar-refractivity contribution in [3.8, 4) is 11.3 Å². The summed E-state index contributed by atoms with van der Waals surface area (Å²) in [5, 5.41) is 5.29. The topological polar surface area (TPSA) is 107 Å². The molecule has 1 atom stereocenters. The van der Waals surface area contributed by atoms with Crippen molar-refractivity contribution in [3.05, 3.63) is 54.0 Å². The minimum Gasteiger partial charge on any atom is -0.355 e. The summed E-state index contributed by atoms with van der Waals surface area (Å²) >= 11 is 0. The van der Waals surface area contributed by atoms with Gasteiger partial charge in [-0.2, -0.15) is 0 Å². The monoisotopic (exact) mass is 567 g/mol. The molecule has 3 aliphatic rings. The first kappa shape index (κ1) is 26.9. The van der Waals surface area contributed by atoms with Crippen LogP contribution in [0.3, 0.4) is 0 Å². The van der Waals surface area contributed by atoms with Crippen molar-refractivity contribution in [1.82, 2.24) is 20.3 Å². The Morgan fingerprint density at radius 3 is 2.77 bits per heavy atom. The van der Waals surface area contributed by atoms with Crippen molar-refractivity contribution in [2.45, 2.75) is 43.3 Å².